The Hall–Kier alpha value is -2.70. The first-order valence-corrected chi connectivity index (χ1v) is 12.0. The molecule has 1 aliphatic rings. The Bertz CT molecular complexity index is 892. The van der Waals surface area contributed by atoms with E-state index in [-0.39, 0.29) is 11.8 Å². The number of hydrogen-bond acceptors (Lipinski definition) is 4. The second kappa shape index (κ2) is 12.5. The molecular formula is C27H38N4O2. The van der Waals surface area contributed by atoms with Crippen LogP contribution in [0.5, 0.6) is 0 Å². The van der Waals surface area contributed by atoms with Gasteiger partial charge in [0.15, 0.2) is 0 Å². The van der Waals surface area contributed by atoms with E-state index < -0.39 is 0 Å². The van der Waals surface area contributed by atoms with Crippen LogP contribution in [-0.2, 0) is 11.3 Å². The maximum atomic E-state index is 12.7. The molecule has 33 heavy (non-hydrogen) atoms. The predicted molar refractivity (Wildman–Crippen MR) is 134 cm³/mol. The highest BCUT2D eigenvalue weighted by atomic mass is 16.2. The Kier molecular flexibility index (Phi) is 9.46. The number of nitrogens with one attached hydrogen (secondary N) is 2. The molecule has 0 radical (unpaired) electrons. The highest BCUT2D eigenvalue weighted by Gasteiger charge is 2.22. The molecule has 6 nitrogen and oxygen atoms in total. The number of hydrogen-bond donors (Lipinski definition) is 2. The number of anilines is 1. The quantitative estimate of drug-likeness (QED) is 0.577. The number of likely N-dealkylation sites (tertiary alicyclic amines) is 1. The Morgan fingerprint density at radius 1 is 1.03 bits per heavy atom. The molecule has 0 bridgehead atoms. The summed E-state index contributed by atoms with van der Waals surface area (Å²) in [6.07, 6.45) is 2.20. The SMILES string of the molecule is CC(C)CNC(=O)c1ccccc1NC(=O)CN1CCC(CN(C)Cc2ccccc2)CC1. The summed E-state index contributed by atoms with van der Waals surface area (Å²) in [6.45, 7) is 8.96. The topological polar surface area (TPSA) is 64.7 Å². The van der Waals surface area contributed by atoms with Gasteiger partial charge in [0.1, 0.15) is 0 Å². The summed E-state index contributed by atoms with van der Waals surface area (Å²) in [6, 6.07) is 17.8. The zero-order valence-corrected chi connectivity index (χ0v) is 20.2. The zero-order valence-electron chi connectivity index (χ0n) is 20.2. The van der Waals surface area contributed by atoms with Crippen molar-refractivity contribution in [3.63, 3.8) is 0 Å². The molecule has 0 atom stereocenters. The standard InChI is InChI=1S/C27H38N4O2/c1-21(2)17-28-27(33)24-11-7-8-12-25(24)29-26(32)20-31-15-13-23(14-16-31)19-30(3)18-22-9-5-4-6-10-22/h4-12,21,23H,13-20H2,1-3H3,(H,28,33)(H,29,32). The van der Waals surface area contributed by atoms with Crippen LogP contribution in [0.4, 0.5) is 5.69 Å². The highest BCUT2D eigenvalue weighted by molar-refractivity contribution is 6.04. The molecule has 0 unspecified atom stereocenters. The lowest BCUT2D eigenvalue weighted by atomic mass is 9.96. The summed E-state index contributed by atoms with van der Waals surface area (Å²) in [4.78, 5) is 29.8. The summed E-state index contributed by atoms with van der Waals surface area (Å²) in [5.74, 6) is 0.805. The molecule has 0 saturated carbocycles. The number of carbonyl (C=O) groups excluding carboxylic acids is 2. The molecule has 0 spiro atoms. The van der Waals surface area contributed by atoms with Gasteiger partial charge in [0.2, 0.25) is 5.91 Å². The van der Waals surface area contributed by atoms with Crippen LogP contribution < -0.4 is 10.6 Å². The molecule has 2 N–H and O–H groups in total. The maximum absolute atomic E-state index is 12.7. The summed E-state index contributed by atoms with van der Waals surface area (Å²) in [5.41, 5.74) is 2.42. The average Bonchev–Trinajstić information content (AvgIpc) is 2.79. The lowest BCUT2D eigenvalue weighted by Crippen LogP contribution is -2.41. The van der Waals surface area contributed by atoms with Crippen LogP contribution in [0.15, 0.2) is 54.6 Å². The summed E-state index contributed by atoms with van der Waals surface area (Å²) < 4.78 is 0. The molecule has 2 amide bonds. The molecule has 1 fully saturated rings. The van der Waals surface area contributed by atoms with Crippen molar-refractivity contribution in [1.29, 1.82) is 0 Å². The molecule has 1 saturated heterocycles. The summed E-state index contributed by atoms with van der Waals surface area (Å²) in [5, 5.41) is 5.87. The molecule has 0 aromatic heterocycles. The van der Waals surface area contributed by atoms with Gasteiger partial charge < -0.3 is 15.5 Å². The lowest BCUT2D eigenvalue weighted by molar-refractivity contribution is -0.117. The smallest absolute Gasteiger partial charge is 0.253 e. The second-order valence-corrected chi connectivity index (χ2v) is 9.60. The van der Waals surface area contributed by atoms with Gasteiger partial charge in [0.25, 0.3) is 5.91 Å². The summed E-state index contributed by atoms with van der Waals surface area (Å²) >= 11 is 0. The Morgan fingerprint density at radius 3 is 2.39 bits per heavy atom. The first kappa shape index (κ1) is 24.9. The third-order valence-corrected chi connectivity index (χ3v) is 6.06. The number of para-hydroxylation sites is 1. The second-order valence-electron chi connectivity index (χ2n) is 9.60. The fourth-order valence-corrected chi connectivity index (χ4v) is 4.30. The van der Waals surface area contributed by atoms with Crippen molar-refractivity contribution in [1.82, 2.24) is 15.1 Å². The predicted octanol–water partition coefficient (Wildman–Crippen LogP) is 3.85. The molecule has 178 valence electrons. The van der Waals surface area contributed by atoms with Gasteiger partial charge in [-0.2, -0.15) is 0 Å². The number of amides is 2. The molecule has 1 aliphatic heterocycles. The van der Waals surface area contributed by atoms with Crippen LogP contribution in [0, 0.1) is 11.8 Å². The molecule has 2 aromatic carbocycles. The van der Waals surface area contributed by atoms with Crippen molar-refractivity contribution in [2.24, 2.45) is 11.8 Å². The fourth-order valence-electron chi connectivity index (χ4n) is 4.30. The highest BCUT2D eigenvalue weighted by Crippen LogP contribution is 2.20. The summed E-state index contributed by atoms with van der Waals surface area (Å²) in [7, 11) is 2.18. The van der Waals surface area contributed by atoms with Gasteiger partial charge in [-0.15, -0.1) is 0 Å². The first-order valence-electron chi connectivity index (χ1n) is 12.0. The number of carbonyl (C=O) groups is 2. The number of rotatable bonds is 10. The molecule has 6 heteroatoms. The zero-order chi connectivity index (χ0) is 23.6. The van der Waals surface area contributed by atoms with Gasteiger partial charge >= 0.3 is 0 Å². The minimum absolute atomic E-state index is 0.0706. The van der Waals surface area contributed by atoms with Crippen LogP contribution in [0.2, 0.25) is 0 Å². The van der Waals surface area contributed by atoms with E-state index in [9.17, 15) is 9.59 Å². The van der Waals surface area contributed by atoms with E-state index in [1.807, 2.05) is 12.1 Å². The van der Waals surface area contributed by atoms with Crippen molar-refractivity contribution in [3.05, 3.63) is 65.7 Å². The van der Waals surface area contributed by atoms with Gasteiger partial charge in [-0.3, -0.25) is 14.5 Å². The van der Waals surface area contributed by atoms with E-state index in [4.69, 9.17) is 0 Å². The molecule has 0 aliphatic carbocycles. The van der Waals surface area contributed by atoms with Crippen molar-refractivity contribution >= 4 is 17.5 Å². The third kappa shape index (κ3) is 8.30. The molecule has 3 rings (SSSR count). The minimum Gasteiger partial charge on any atom is -0.352 e. The van der Waals surface area contributed by atoms with Gasteiger partial charge in [-0.25, -0.2) is 0 Å². The van der Waals surface area contributed by atoms with E-state index in [1.54, 1.807) is 12.1 Å². The normalized spacial score (nSPS) is 15.1. The van der Waals surface area contributed by atoms with Crippen LogP contribution >= 0.6 is 0 Å². The van der Waals surface area contributed by atoms with Gasteiger partial charge in [0.05, 0.1) is 17.8 Å². The van der Waals surface area contributed by atoms with Crippen molar-refractivity contribution < 1.29 is 9.59 Å². The molecule has 2 aromatic rings. The van der Waals surface area contributed by atoms with Gasteiger partial charge in [0, 0.05) is 19.6 Å². The van der Waals surface area contributed by atoms with E-state index in [2.05, 4.69) is 71.7 Å². The lowest BCUT2D eigenvalue weighted by Gasteiger charge is -2.33. The molecular weight excluding hydrogens is 412 g/mol. The Balaban J connectivity index is 1.43. The maximum Gasteiger partial charge on any atom is 0.253 e. The molecule has 1 heterocycles. The van der Waals surface area contributed by atoms with E-state index >= 15 is 0 Å². The number of piperidine rings is 1. The Morgan fingerprint density at radius 2 is 1.70 bits per heavy atom. The van der Waals surface area contributed by atoms with Crippen molar-refractivity contribution in [2.75, 3.05) is 45.1 Å². The van der Waals surface area contributed by atoms with Crippen LogP contribution in [0.1, 0.15) is 42.6 Å². The number of benzene rings is 2. The van der Waals surface area contributed by atoms with Crippen molar-refractivity contribution in [2.45, 2.75) is 33.2 Å². The van der Waals surface area contributed by atoms with E-state index in [1.165, 1.54) is 5.56 Å². The third-order valence-electron chi connectivity index (χ3n) is 6.06. The van der Waals surface area contributed by atoms with Crippen LogP contribution in [-0.4, -0.2) is 61.4 Å². The van der Waals surface area contributed by atoms with Crippen LogP contribution in [0.25, 0.3) is 0 Å². The Labute approximate surface area is 198 Å². The largest absolute Gasteiger partial charge is 0.352 e. The van der Waals surface area contributed by atoms with E-state index in [0.29, 0.717) is 36.2 Å². The van der Waals surface area contributed by atoms with E-state index in [0.717, 1.165) is 39.0 Å². The first-order chi connectivity index (χ1) is 15.9. The van der Waals surface area contributed by atoms with Gasteiger partial charge in [-0.1, -0.05) is 56.3 Å². The fraction of sp³-hybridized carbons (Fsp3) is 0.481. The monoisotopic (exact) mass is 450 g/mol. The number of nitrogens with zero attached hydrogens (tertiary/aromatic N) is 2. The van der Waals surface area contributed by atoms with Crippen LogP contribution in [0.3, 0.4) is 0 Å². The minimum atomic E-state index is -0.153. The average molecular weight is 451 g/mol. The van der Waals surface area contributed by atoms with Crippen molar-refractivity contribution in [3.8, 4) is 0 Å². The van der Waals surface area contributed by atoms with Gasteiger partial charge in [-0.05, 0) is 62.5 Å².